The van der Waals surface area contributed by atoms with Gasteiger partial charge >= 0.3 is 0 Å². The van der Waals surface area contributed by atoms with E-state index in [9.17, 15) is 18.0 Å². The molecule has 2 fully saturated rings. The lowest BCUT2D eigenvalue weighted by Gasteiger charge is -2.25. The smallest absolute Gasteiger partial charge is 0.243 e. The van der Waals surface area contributed by atoms with Gasteiger partial charge in [-0.05, 0) is 54.8 Å². The normalized spacial score (nSPS) is 19.4. The lowest BCUT2D eigenvalue weighted by molar-refractivity contribution is -0.128. The van der Waals surface area contributed by atoms with Crippen molar-refractivity contribution in [1.82, 2.24) is 9.21 Å². The fourth-order valence-corrected chi connectivity index (χ4v) is 7.27. The summed E-state index contributed by atoms with van der Waals surface area (Å²) in [5, 5.41) is 2.75. The molecule has 202 valence electrons. The lowest BCUT2D eigenvalue weighted by Crippen LogP contribution is -2.35. The van der Waals surface area contributed by atoms with Crippen LogP contribution in [0.25, 0.3) is 0 Å². The Balaban J connectivity index is 1.26. The quantitative estimate of drug-likeness (QED) is 0.416. The molecule has 2 aliphatic rings. The van der Waals surface area contributed by atoms with Gasteiger partial charge in [0.25, 0.3) is 0 Å². The van der Waals surface area contributed by atoms with Crippen molar-refractivity contribution in [3.05, 3.63) is 90.5 Å². The molecule has 0 spiro atoms. The number of nitrogens with one attached hydrogen (secondary N) is 1. The predicted molar refractivity (Wildman–Crippen MR) is 154 cm³/mol. The van der Waals surface area contributed by atoms with Crippen LogP contribution in [0.2, 0.25) is 0 Å². The summed E-state index contributed by atoms with van der Waals surface area (Å²) in [5.74, 6) is -0.496. The summed E-state index contributed by atoms with van der Waals surface area (Å²) < 4.78 is 27.3. The SMILES string of the molecule is O=C(C[C@@H]1SC(=Nc2ccccc2)N(Cc2ccccc2)C1=O)Nc1ccc(S(=O)(=O)N2CCCCC2)cc1. The molecule has 0 bridgehead atoms. The molecule has 0 saturated carbocycles. The van der Waals surface area contributed by atoms with E-state index in [1.54, 1.807) is 17.0 Å². The molecule has 5 rings (SSSR count). The number of carbonyl (C=O) groups excluding carboxylic acids is 2. The largest absolute Gasteiger partial charge is 0.326 e. The van der Waals surface area contributed by atoms with Gasteiger partial charge in [-0.3, -0.25) is 14.5 Å². The van der Waals surface area contributed by atoms with Crippen LogP contribution < -0.4 is 5.32 Å². The number of rotatable bonds is 8. The van der Waals surface area contributed by atoms with E-state index in [1.807, 2.05) is 60.7 Å². The molecule has 10 heteroatoms. The molecule has 0 aromatic heterocycles. The number of para-hydroxylation sites is 1. The average molecular weight is 563 g/mol. The fourth-order valence-electron chi connectivity index (χ4n) is 4.59. The second-order valence-corrected chi connectivity index (χ2v) is 12.6. The Morgan fingerprint density at radius 3 is 2.21 bits per heavy atom. The number of anilines is 1. The third-order valence-corrected chi connectivity index (χ3v) is 9.73. The van der Waals surface area contributed by atoms with Crippen molar-refractivity contribution in [3.63, 3.8) is 0 Å². The standard InChI is InChI=1S/C29H30N4O4S2/c34-27(30-24-14-16-25(17-15-24)39(36,37)32-18-8-3-9-19-32)20-26-28(35)33(21-22-10-4-1-5-11-22)29(38-26)31-23-12-6-2-7-13-23/h1-2,4-7,10-17,26H,3,8-9,18-21H2,(H,30,34)/t26-/m0/s1. The molecule has 2 saturated heterocycles. The number of hydrogen-bond donors (Lipinski definition) is 1. The highest BCUT2D eigenvalue weighted by molar-refractivity contribution is 8.15. The van der Waals surface area contributed by atoms with E-state index < -0.39 is 15.3 Å². The molecule has 1 N–H and O–H groups in total. The minimum atomic E-state index is -3.54. The number of benzene rings is 3. The Morgan fingerprint density at radius 2 is 1.54 bits per heavy atom. The molecule has 2 aliphatic heterocycles. The zero-order chi connectivity index (χ0) is 27.2. The molecular formula is C29H30N4O4S2. The van der Waals surface area contributed by atoms with E-state index in [4.69, 9.17) is 4.99 Å². The number of aliphatic imine (C=N–C) groups is 1. The Morgan fingerprint density at radius 1 is 0.897 bits per heavy atom. The number of sulfonamides is 1. The summed E-state index contributed by atoms with van der Waals surface area (Å²) >= 11 is 1.28. The van der Waals surface area contributed by atoms with Gasteiger partial charge in [-0.15, -0.1) is 0 Å². The van der Waals surface area contributed by atoms with Gasteiger partial charge in [0.05, 0.1) is 17.1 Å². The summed E-state index contributed by atoms with van der Waals surface area (Å²) in [6.45, 7) is 1.43. The van der Waals surface area contributed by atoms with Crippen molar-refractivity contribution in [3.8, 4) is 0 Å². The van der Waals surface area contributed by atoms with Crippen LogP contribution in [0, 0.1) is 0 Å². The van der Waals surface area contributed by atoms with Crippen molar-refractivity contribution < 1.29 is 18.0 Å². The molecule has 0 unspecified atom stereocenters. The molecule has 0 radical (unpaired) electrons. The first-order valence-corrected chi connectivity index (χ1v) is 15.3. The number of amides is 2. The fraction of sp³-hybridized carbons (Fsp3) is 0.276. The van der Waals surface area contributed by atoms with Gasteiger partial charge in [-0.25, -0.2) is 13.4 Å². The molecule has 2 heterocycles. The highest BCUT2D eigenvalue weighted by Gasteiger charge is 2.39. The molecule has 1 atom stereocenters. The monoisotopic (exact) mass is 562 g/mol. The molecular weight excluding hydrogens is 532 g/mol. The van der Waals surface area contributed by atoms with E-state index in [1.165, 1.54) is 28.2 Å². The van der Waals surface area contributed by atoms with Gasteiger partial charge in [-0.2, -0.15) is 4.31 Å². The van der Waals surface area contributed by atoms with Gasteiger partial charge in [0.2, 0.25) is 21.8 Å². The zero-order valence-corrected chi connectivity index (χ0v) is 23.0. The Kier molecular flexibility index (Phi) is 8.44. The van der Waals surface area contributed by atoms with Crippen molar-refractivity contribution in [1.29, 1.82) is 0 Å². The first-order valence-electron chi connectivity index (χ1n) is 13.0. The molecule has 8 nitrogen and oxygen atoms in total. The minimum absolute atomic E-state index is 0.0313. The Labute approximate surface area is 233 Å². The molecule has 3 aromatic rings. The molecule has 2 amide bonds. The number of carbonyl (C=O) groups is 2. The second-order valence-electron chi connectivity index (χ2n) is 9.49. The van der Waals surface area contributed by atoms with Crippen LogP contribution in [0.15, 0.2) is 94.8 Å². The van der Waals surface area contributed by atoms with Gasteiger partial charge in [0.1, 0.15) is 5.25 Å². The van der Waals surface area contributed by atoms with E-state index in [2.05, 4.69) is 5.32 Å². The summed E-state index contributed by atoms with van der Waals surface area (Å²) in [6.07, 6.45) is 2.75. The average Bonchev–Trinajstić information content (AvgIpc) is 3.23. The van der Waals surface area contributed by atoms with Crippen LogP contribution >= 0.6 is 11.8 Å². The highest BCUT2D eigenvalue weighted by Crippen LogP contribution is 2.33. The maximum atomic E-state index is 13.4. The predicted octanol–water partition coefficient (Wildman–Crippen LogP) is 5.02. The van der Waals surface area contributed by atoms with Gasteiger partial charge < -0.3 is 5.32 Å². The van der Waals surface area contributed by atoms with Crippen LogP contribution in [0.5, 0.6) is 0 Å². The zero-order valence-electron chi connectivity index (χ0n) is 21.4. The summed E-state index contributed by atoms with van der Waals surface area (Å²) in [5.41, 5.74) is 2.18. The van der Waals surface area contributed by atoms with E-state index in [0.717, 1.165) is 30.5 Å². The summed E-state index contributed by atoms with van der Waals surface area (Å²) in [6, 6.07) is 25.3. The number of nitrogens with zero attached hydrogens (tertiary/aromatic N) is 3. The number of hydrogen-bond acceptors (Lipinski definition) is 6. The summed E-state index contributed by atoms with van der Waals surface area (Å²) in [7, 11) is -3.54. The van der Waals surface area contributed by atoms with Crippen molar-refractivity contribution >= 4 is 50.1 Å². The van der Waals surface area contributed by atoms with Crippen LogP contribution in [0.3, 0.4) is 0 Å². The molecule has 0 aliphatic carbocycles. The number of amidine groups is 1. The highest BCUT2D eigenvalue weighted by atomic mass is 32.2. The third kappa shape index (κ3) is 6.58. The maximum absolute atomic E-state index is 13.4. The summed E-state index contributed by atoms with van der Waals surface area (Å²) in [4.78, 5) is 32.8. The maximum Gasteiger partial charge on any atom is 0.243 e. The number of piperidine rings is 1. The Hall–Kier alpha value is -3.47. The molecule has 3 aromatic carbocycles. The first kappa shape index (κ1) is 27.1. The van der Waals surface area contributed by atoms with Crippen LogP contribution in [-0.4, -0.2) is 52.9 Å². The topological polar surface area (TPSA) is 99.1 Å². The van der Waals surface area contributed by atoms with E-state index in [0.29, 0.717) is 30.5 Å². The third-order valence-electron chi connectivity index (χ3n) is 6.65. The van der Waals surface area contributed by atoms with Crippen molar-refractivity contribution in [2.75, 3.05) is 18.4 Å². The second kappa shape index (κ2) is 12.1. The van der Waals surface area contributed by atoms with Gasteiger partial charge in [-0.1, -0.05) is 66.7 Å². The van der Waals surface area contributed by atoms with Crippen LogP contribution in [0.1, 0.15) is 31.2 Å². The number of thioether (sulfide) groups is 1. The van der Waals surface area contributed by atoms with Crippen molar-refractivity contribution in [2.24, 2.45) is 4.99 Å². The van der Waals surface area contributed by atoms with E-state index in [-0.39, 0.29) is 23.1 Å². The minimum Gasteiger partial charge on any atom is -0.326 e. The lowest BCUT2D eigenvalue weighted by atomic mass is 10.2. The van der Waals surface area contributed by atoms with Gasteiger partial charge in [0, 0.05) is 25.2 Å². The molecule has 39 heavy (non-hydrogen) atoms. The van der Waals surface area contributed by atoms with Crippen LogP contribution in [-0.2, 0) is 26.2 Å². The first-order chi connectivity index (χ1) is 18.9. The van der Waals surface area contributed by atoms with Gasteiger partial charge in [0.15, 0.2) is 5.17 Å². The van der Waals surface area contributed by atoms with Crippen molar-refractivity contribution in [2.45, 2.75) is 42.4 Å². The van der Waals surface area contributed by atoms with E-state index >= 15 is 0 Å². The Bertz CT molecular complexity index is 1440. The van der Waals surface area contributed by atoms with Crippen LogP contribution in [0.4, 0.5) is 11.4 Å².